The summed E-state index contributed by atoms with van der Waals surface area (Å²) in [6, 6.07) is 34.0. The molecule has 1 saturated heterocycles. The van der Waals surface area contributed by atoms with Crippen molar-refractivity contribution in [2.24, 2.45) is 11.8 Å². The molecule has 3 heteroatoms. The van der Waals surface area contributed by atoms with Crippen LogP contribution in [0.15, 0.2) is 96.1 Å². The Labute approximate surface area is 336 Å². The van der Waals surface area contributed by atoms with Gasteiger partial charge in [0.1, 0.15) is 0 Å². The summed E-state index contributed by atoms with van der Waals surface area (Å²) in [6.07, 6.45) is 25.9. The van der Waals surface area contributed by atoms with Crippen LogP contribution in [0.1, 0.15) is 131 Å². The maximum absolute atomic E-state index is 3.34. The van der Waals surface area contributed by atoms with Gasteiger partial charge in [0.05, 0.1) is 0 Å². The molecule has 0 N–H and O–H groups in total. The zero-order valence-corrected chi connectivity index (χ0v) is 37.0. The molecule has 0 nitrogen and oxygen atoms in total. The fourth-order valence-electron chi connectivity index (χ4n) is 12.8. The second-order valence-electron chi connectivity index (χ2n) is 17.7. The zero-order chi connectivity index (χ0) is 34.1. The fraction of sp³-hybridized carbons (Fsp3) is 0.440. The third-order valence-electron chi connectivity index (χ3n) is 15.0. The van der Waals surface area contributed by atoms with E-state index in [0.717, 1.165) is 26.5 Å². The molecule has 0 spiro atoms. The molecule has 6 aliphatic rings. The van der Waals surface area contributed by atoms with Gasteiger partial charge in [-0.05, 0) is 0 Å². The fourth-order valence-corrected chi connectivity index (χ4v) is 48.4. The minimum Gasteiger partial charge on any atom is -1.00 e. The molecular formula is C50H56Cl2Hf. The summed E-state index contributed by atoms with van der Waals surface area (Å²) in [5, 5.41) is 0. The van der Waals surface area contributed by atoms with E-state index in [-0.39, 0.29) is 24.8 Å². The molecule has 0 aromatic heterocycles. The van der Waals surface area contributed by atoms with Crippen LogP contribution in [0, 0.1) is 25.7 Å². The van der Waals surface area contributed by atoms with Crippen molar-refractivity contribution in [2.45, 2.75) is 118 Å². The van der Waals surface area contributed by atoms with E-state index in [1.807, 2.05) is 11.1 Å². The zero-order valence-electron chi connectivity index (χ0n) is 31.9. The van der Waals surface area contributed by atoms with E-state index in [2.05, 4.69) is 111 Å². The smallest absolute Gasteiger partial charge is 1.00 e. The molecule has 0 radical (unpaired) electrons. The predicted octanol–water partition coefficient (Wildman–Crippen LogP) is 8.70. The minimum absolute atomic E-state index is 0. The van der Waals surface area contributed by atoms with Crippen LogP contribution in [-0.2, 0) is 20.0 Å². The van der Waals surface area contributed by atoms with Crippen molar-refractivity contribution in [1.82, 2.24) is 0 Å². The van der Waals surface area contributed by atoms with Gasteiger partial charge >= 0.3 is 314 Å². The van der Waals surface area contributed by atoms with Crippen LogP contribution in [0.25, 0.3) is 34.4 Å². The van der Waals surface area contributed by atoms with Crippen molar-refractivity contribution in [3.63, 3.8) is 0 Å². The molecule has 3 saturated carbocycles. The summed E-state index contributed by atoms with van der Waals surface area (Å²) >= 11 is -3.34. The molecule has 4 unspecified atom stereocenters. The van der Waals surface area contributed by atoms with Crippen molar-refractivity contribution < 1.29 is 44.8 Å². The van der Waals surface area contributed by atoms with Crippen LogP contribution in [-0.4, -0.2) is 0 Å². The molecule has 4 aromatic carbocycles. The topological polar surface area (TPSA) is 0 Å². The van der Waals surface area contributed by atoms with Crippen LogP contribution < -0.4 is 24.8 Å². The normalized spacial score (nSPS) is 26.5. The Morgan fingerprint density at radius 3 is 1.21 bits per heavy atom. The van der Waals surface area contributed by atoms with Crippen molar-refractivity contribution in [2.75, 3.05) is 0 Å². The number of hydrogen-bond donors (Lipinski definition) is 0. The van der Waals surface area contributed by atoms with E-state index in [1.54, 1.807) is 22.3 Å². The van der Waals surface area contributed by atoms with Gasteiger partial charge in [0, 0.05) is 0 Å². The molecule has 274 valence electrons. The Balaban J connectivity index is 0.00000200. The largest absolute Gasteiger partial charge is 1.00 e. The van der Waals surface area contributed by atoms with E-state index < -0.39 is 20.0 Å². The number of halogens is 2. The molecule has 4 fully saturated rings. The van der Waals surface area contributed by atoms with Crippen LogP contribution in [0.2, 0.25) is 7.35 Å². The van der Waals surface area contributed by atoms with Crippen LogP contribution in [0.3, 0.4) is 0 Å². The monoisotopic (exact) mass is 906 g/mol. The quantitative estimate of drug-likeness (QED) is 0.170. The van der Waals surface area contributed by atoms with E-state index in [9.17, 15) is 0 Å². The minimum atomic E-state index is -3.34. The molecule has 10 rings (SSSR count). The van der Waals surface area contributed by atoms with Gasteiger partial charge in [0.15, 0.2) is 0 Å². The average molecular weight is 906 g/mol. The molecule has 1 heterocycles. The molecule has 0 bridgehead atoms. The van der Waals surface area contributed by atoms with Crippen molar-refractivity contribution >= 4 is 12.2 Å². The second-order valence-corrected chi connectivity index (χ2v) is 34.3. The SMILES string of the molecule is Cc1ccc(-c2cccc3c2C=C(C2CCCCC2)[CH]3[Hf+2]2([CH]3C(C4CCCCC4)=Cc4c(-c5ccc(C)cc5)cccc43)[CH]3CCCC[CH]32)cc1.[Cl-].[Cl-]. The first-order valence-corrected chi connectivity index (χ1v) is 29.3. The van der Waals surface area contributed by atoms with Gasteiger partial charge in [-0.1, -0.05) is 0 Å². The molecular weight excluding hydrogens is 850 g/mol. The van der Waals surface area contributed by atoms with Gasteiger partial charge in [0.2, 0.25) is 0 Å². The Kier molecular flexibility index (Phi) is 11.0. The second kappa shape index (κ2) is 15.4. The van der Waals surface area contributed by atoms with Gasteiger partial charge in [-0.15, -0.1) is 0 Å². The molecule has 4 aromatic rings. The number of aryl methyl sites for hydroxylation is 2. The van der Waals surface area contributed by atoms with Crippen LogP contribution >= 0.6 is 0 Å². The molecule has 5 aliphatic carbocycles. The molecule has 53 heavy (non-hydrogen) atoms. The summed E-state index contributed by atoms with van der Waals surface area (Å²) in [7, 11) is 0. The standard InChI is InChI=1S/2C22H23.C6H10.2ClH.Hf/c2*1-16-10-12-18(13-11-16)21-9-5-8-19-14-20(15-22(19)21)17-6-3-2-4-7-17;1-2-4-6-5-3-1;;;/h2*5,8-15,17H,2-4,6-7H2,1H3;1-2H,3-6H2;2*1H;/q;;;;;+2/p-2. The Bertz CT molecular complexity index is 1860. The van der Waals surface area contributed by atoms with Crippen LogP contribution in [0.4, 0.5) is 0 Å². The van der Waals surface area contributed by atoms with Gasteiger partial charge in [-0.25, -0.2) is 0 Å². The summed E-state index contributed by atoms with van der Waals surface area (Å²) in [5.41, 5.74) is 19.2. The number of benzene rings is 4. The number of allylic oxidation sites excluding steroid dienone is 2. The summed E-state index contributed by atoms with van der Waals surface area (Å²) in [5.74, 6) is 1.56. The first-order valence-electron chi connectivity index (χ1n) is 21.0. The average Bonchev–Trinajstić information content (AvgIpc) is 3.44. The van der Waals surface area contributed by atoms with Gasteiger partial charge in [-0.3, -0.25) is 0 Å². The number of hydrogen-bond acceptors (Lipinski definition) is 0. The summed E-state index contributed by atoms with van der Waals surface area (Å²) < 4.78 is 3.59. The molecule has 4 atom stereocenters. The Morgan fingerprint density at radius 2 is 0.811 bits per heavy atom. The van der Waals surface area contributed by atoms with Gasteiger partial charge in [0.25, 0.3) is 0 Å². The van der Waals surface area contributed by atoms with E-state index in [0.29, 0.717) is 0 Å². The van der Waals surface area contributed by atoms with E-state index >= 15 is 0 Å². The maximum Gasteiger partial charge on any atom is -1.00 e. The maximum atomic E-state index is 2.85. The molecule has 0 amide bonds. The van der Waals surface area contributed by atoms with Gasteiger partial charge < -0.3 is 24.8 Å². The summed E-state index contributed by atoms with van der Waals surface area (Å²) in [6.45, 7) is 4.45. The number of rotatable bonds is 6. The Hall–Kier alpha value is -2.19. The van der Waals surface area contributed by atoms with Crippen molar-refractivity contribution in [3.8, 4) is 22.3 Å². The van der Waals surface area contributed by atoms with Crippen molar-refractivity contribution in [3.05, 3.63) is 129 Å². The van der Waals surface area contributed by atoms with Crippen molar-refractivity contribution in [1.29, 1.82) is 0 Å². The first-order chi connectivity index (χ1) is 25.1. The third kappa shape index (κ3) is 6.26. The Morgan fingerprint density at radius 1 is 0.434 bits per heavy atom. The first kappa shape index (κ1) is 37.7. The third-order valence-corrected chi connectivity index (χ3v) is 39.6. The van der Waals surface area contributed by atoms with E-state index in [4.69, 9.17) is 0 Å². The van der Waals surface area contributed by atoms with E-state index in [1.165, 1.54) is 123 Å². The van der Waals surface area contributed by atoms with Crippen LogP contribution in [0.5, 0.6) is 0 Å². The molecule has 1 aliphatic heterocycles. The number of fused-ring (bicyclic) bond motifs is 3. The van der Waals surface area contributed by atoms with Gasteiger partial charge in [-0.2, -0.15) is 0 Å². The predicted molar refractivity (Wildman–Crippen MR) is 214 cm³/mol. The summed E-state index contributed by atoms with van der Waals surface area (Å²) in [4.78, 5) is 0.